The first-order valence-electron chi connectivity index (χ1n) is 9.08. The number of methoxy groups -OCH3 is 3. The van der Waals surface area contributed by atoms with E-state index in [-0.39, 0.29) is 16.8 Å². The van der Waals surface area contributed by atoms with Gasteiger partial charge >= 0.3 is 0 Å². The number of nitrogens with one attached hydrogen (secondary N) is 1. The molecular weight excluding hydrogens is 374 g/mol. The second kappa shape index (κ2) is 6.84. The Morgan fingerprint density at radius 2 is 1.59 bits per heavy atom. The highest BCUT2D eigenvalue weighted by Crippen LogP contribution is 2.42. The van der Waals surface area contributed by atoms with Crippen LogP contribution in [0.15, 0.2) is 33.5 Å². The number of hydrogen-bond donors (Lipinski definition) is 1. The number of carbonyl (C=O) groups excluding carboxylic acids is 1. The Morgan fingerprint density at radius 3 is 2.17 bits per heavy atom. The standard InChI is InChI=1S/C22H21NO6/c1-10-6-11(2)16-13(7-10)29-21-17(19(16)24)18(23-22(21)25)12-8-14(26-3)20(28-5)15(9-12)27-4/h6-9,18H,1-5H3,(H,23,25). The Bertz CT molecular complexity index is 1190. The third kappa shape index (κ3) is 2.81. The van der Waals surface area contributed by atoms with E-state index in [1.807, 2.05) is 19.9 Å². The van der Waals surface area contributed by atoms with E-state index in [2.05, 4.69) is 5.32 Å². The van der Waals surface area contributed by atoms with Gasteiger partial charge in [0.1, 0.15) is 5.58 Å². The fourth-order valence-electron chi connectivity index (χ4n) is 3.92. The van der Waals surface area contributed by atoms with Crippen LogP contribution in [-0.4, -0.2) is 27.2 Å². The summed E-state index contributed by atoms with van der Waals surface area (Å²) < 4.78 is 22.0. The van der Waals surface area contributed by atoms with Crippen LogP contribution in [-0.2, 0) is 0 Å². The van der Waals surface area contributed by atoms with Gasteiger partial charge in [0, 0.05) is 0 Å². The zero-order valence-electron chi connectivity index (χ0n) is 16.8. The minimum atomic E-state index is -0.687. The highest BCUT2D eigenvalue weighted by molar-refractivity contribution is 5.99. The van der Waals surface area contributed by atoms with Crippen molar-refractivity contribution in [1.82, 2.24) is 5.32 Å². The Morgan fingerprint density at radius 1 is 0.931 bits per heavy atom. The monoisotopic (exact) mass is 395 g/mol. The molecule has 7 nitrogen and oxygen atoms in total. The van der Waals surface area contributed by atoms with Crippen LogP contribution in [0, 0.1) is 13.8 Å². The van der Waals surface area contributed by atoms with Crippen molar-refractivity contribution in [3.63, 3.8) is 0 Å². The summed E-state index contributed by atoms with van der Waals surface area (Å²) in [6.45, 7) is 3.77. The van der Waals surface area contributed by atoms with E-state index in [9.17, 15) is 9.59 Å². The van der Waals surface area contributed by atoms with Crippen molar-refractivity contribution in [2.75, 3.05) is 21.3 Å². The zero-order chi connectivity index (χ0) is 20.9. The van der Waals surface area contributed by atoms with E-state index in [1.54, 1.807) is 18.2 Å². The molecule has 1 atom stereocenters. The fraction of sp³-hybridized carbons (Fsp3) is 0.273. The fourth-order valence-corrected chi connectivity index (χ4v) is 3.92. The number of aryl methyl sites for hydroxylation is 2. The number of hydrogen-bond acceptors (Lipinski definition) is 6. The number of benzene rings is 2. The van der Waals surface area contributed by atoms with Gasteiger partial charge in [-0.25, -0.2) is 0 Å². The van der Waals surface area contributed by atoms with Crippen molar-refractivity contribution in [2.24, 2.45) is 0 Å². The van der Waals surface area contributed by atoms with Crippen molar-refractivity contribution in [3.8, 4) is 17.2 Å². The second-order valence-electron chi connectivity index (χ2n) is 6.99. The lowest BCUT2D eigenvalue weighted by Gasteiger charge is -2.17. The maximum atomic E-state index is 13.4. The topological polar surface area (TPSA) is 87.0 Å². The van der Waals surface area contributed by atoms with Gasteiger partial charge in [0.05, 0.1) is 38.3 Å². The van der Waals surface area contributed by atoms with Crippen molar-refractivity contribution in [2.45, 2.75) is 19.9 Å². The minimum absolute atomic E-state index is 0.0336. The number of ether oxygens (including phenoxy) is 3. The predicted octanol–water partition coefficient (Wildman–Crippen LogP) is 3.27. The lowest BCUT2D eigenvalue weighted by atomic mass is 9.97. The molecule has 7 heteroatoms. The molecule has 1 N–H and O–H groups in total. The molecule has 1 aliphatic rings. The highest BCUT2D eigenvalue weighted by Gasteiger charge is 2.37. The van der Waals surface area contributed by atoms with Crippen LogP contribution in [0.4, 0.5) is 0 Å². The van der Waals surface area contributed by atoms with Gasteiger partial charge in [0.25, 0.3) is 5.91 Å². The van der Waals surface area contributed by atoms with E-state index >= 15 is 0 Å². The SMILES string of the molecule is COc1cc(C2NC(=O)c3oc4cc(C)cc(C)c4c(=O)c32)cc(OC)c1OC. The zero-order valence-corrected chi connectivity index (χ0v) is 16.8. The Hall–Kier alpha value is -3.48. The normalized spacial score (nSPS) is 15.2. The van der Waals surface area contributed by atoms with Gasteiger partial charge in [-0.1, -0.05) is 6.07 Å². The first-order chi connectivity index (χ1) is 13.9. The predicted molar refractivity (Wildman–Crippen MR) is 107 cm³/mol. The highest BCUT2D eigenvalue weighted by atomic mass is 16.5. The van der Waals surface area contributed by atoms with Gasteiger partial charge in [-0.15, -0.1) is 0 Å². The van der Waals surface area contributed by atoms with Crippen LogP contribution in [0.25, 0.3) is 11.0 Å². The van der Waals surface area contributed by atoms with E-state index in [0.717, 1.165) is 11.1 Å². The van der Waals surface area contributed by atoms with Gasteiger partial charge in [-0.2, -0.15) is 0 Å². The van der Waals surface area contributed by atoms with Crippen LogP contribution in [0.5, 0.6) is 17.2 Å². The molecule has 0 radical (unpaired) electrons. The van der Waals surface area contributed by atoms with Gasteiger partial charge < -0.3 is 23.9 Å². The van der Waals surface area contributed by atoms with Crippen LogP contribution in [0.2, 0.25) is 0 Å². The van der Waals surface area contributed by atoms with Crippen LogP contribution in [0.1, 0.15) is 38.9 Å². The molecule has 1 aromatic heterocycles. The van der Waals surface area contributed by atoms with E-state index in [4.69, 9.17) is 18.6 Å². The molecule has 0 aliphatic carbocycles. The smallest absolute Gasteiger partial charge is 0.288 e. The van der Waals surface area contributed by atoms with Crippen LogP contribution >= 0.6 is 0 Å². The average molecular weight is 395 g/mol. The van der Waals surface area contributed by atoms with Gasteiger partial charge in [0.15, 0.2) is 16.9 Å². The molecule has 3 aromatic rings. The summed E-state index contributed by atoms with van der Waals surface area (Å²) in [6, 6.07) is 6.43. The van der Waals surface area contributed by atoms with Crippen LogP contribution in [0.3, 0.4) is 0 Å². The van der Waals surface area contributed by atoms with Crippen molar-refractivity contribution < 1.29 is 23.4 Å². The molecule has 4 rings (SSSR count). The molecule has 0 saturated heterocycles. The van der Waals surface area contributed by atoms with Gasteiger partial charge in [-0.3, -0.25) is 9.59 Å². The molecule has 1 aliphatic heterocycles. The molecule has 1 unspecified atom stereocenters. The van der Waals surface area contributed by atoms with Crippen LogP contribution < -0.4 is 25.0 Å². The molecule has 0 fully saturated rings. The molecule has 0 spiro atoms. The molecule has 29 heavy (non-hydrogen) atoms. The summed E-state index contributed by atoms with van der Waals surface area (Å²) in [7, 11) is 4.53. The molecule has 1 amide bonds. The average Bonchev–Trinajstić information content (AvgIpc) is 3.03. The number of rotatable bonds is 4. The first kappa shape index (κ1) is 18.9. The molecule has 0 bridgehead atoms. The third-order valence-electron chi connectivity index (χ3n) is 5.16. The summed E-state index contributed by atoms with van der Waals surface area (Å²) >= 11 is 0. The Labute approximate surface area is 167 Å². The largest absolute Gasteiger partial charge is 0.493 e. The van der Waals surface area contributed by atoms with Crippen molar-refractivity contribution in [3.05, 3.63) is 62.5 Å². The molecular formula is C22H21NO6. The summed E-state index contributed by atoms with van der Waals surface area (Å²) in [4.78, 5) is 26.0. The summed E-state index contributed by atoms with van der Waals surface area (Å²) in [5.41, 5.74) is 2.85. The third-order valence-corrected chi connectivity index (χ3v) is 5.16. The van der Waals surface area contributed by atoms with Crippen molar-refractivity contribution in [1.29, 1.82) is 0 Å². The quantitative estimate of drug-likeness (QED) is 0.730. The maximum absolute atomic E-state index is 13.4. The number of amides is 1. The maximum Gasteiger partial charge on any atom is 0.288 e. The number of carbonyl (C=O) groups is 1. The second-order valence-corrected chi connectivity index (χ2v) is 6.99. The molecule has 2 aromatic carbocycles. The van der Waals surface area contributed by atoms with Crippen molar-refractivity contribution >= 4 is 16.9 Å². The Balaban J connectivity index is 1.98. The lowest BCUT2D eigenvalue weighted by molar-refractivity contribution is 0.0937. The lowest BCUT2D eigenvalue weighted by Crippen LogP contribution is -2.22. The molecule has 2 heterocycles. The minimum Gasteiger partial charge on any atom is -0.493 e. The Kier molecular flexibility index (Phi) is 4.45. The molecule has 150 valence electrons. The van der Waals surface area contributed by atoms with Gasteiger partial charge in [0.2, 0.25) is 11.5 Å². The molecule has 0 saturated carbocycles. The summed E-state index contributed by atoms with van der Waals surface area (Å²) in [5, 5.41) is 3.32. The summed E-state index contributed by atoms with van der Waals surface area (Å²) in [5.74, 6) is 0.895. The van der Waals surface area contributed by atoms with E-state index < -0.39 is 11.9 Å². The number of fused-ring (bicyclic) bond motifs is 2. The van der Waals surface area contributed by atoms with E-state index in [1.165, 1.54) is 21.3 Å². The first-order valence-corrected chi connectivity index (χ1v) is 9.08. The van der Waals surface area contributed by atoms with E-state index in [0.29, 0.717) is 33.8 Å². The summed E-state index contributed by atoms with van der Waals surface area (Å²) in [6.07, 6.45) is 0. The van der Waals surface area contributed by atoms with Gasteiger partial charge in [-0.05, 0) is 48.7 Å².